The predicted molar refractivity (Wildman–Crippen MR) is 245 cm³/mol. The summed E-state index contributed by atoms with van der Waals surface area (Å²) in [6, 6.07) is 80.6. The van der Waals surface area contributed by atoms with Crippen LogP contribution in [0.15, 0.2) is 229 Å². The second-order valence-corrected chi connectivity index (χ2v) is 14.9. The van der Waals surface area contributed by atoms with Gasteiger partial charge >= 0.3 is 0 Å². The fourth-order valence-electron chi connectivity index (χ4n) is 8.64. The van der Waals surface area contributed by atoms with Gasteiger partial charge in [0.2, 0.25) is 0 Å². The molecule has 0 aliphatic rings. The second-order valence-electron chi connectivity index (χ2n) is 14.9. The summed E-state index contributed by atoms with van der Waals surface area (Å²) in [7, 11) is 0. The number of hydrogen-bond donors (Lipinski definition) is 0. The molecular weight excluding hydrogens is 703 g/mol. The quantitative estimate of drug-likeness (QED) is 0.162. The lowest BCUT2D eigenvalue weighted by Crippen LogP contribution is -2.10. The van der Waals surface area contributed by atoms with Crippen molar-refractivity contribution in [1.29, 1.82) is 0 Å². The van der Waals surface area contributed by atoms with Crippen LogP contribution < -0.4 is 4.90 Å². The van der Waals surface area contributed by atoms with Crippen LogP contribution in [-0.2, 0) is 0 Å². The molecule has 2 nitrogen and oxygen atoms in total. The average Bonchev–Trinajstić information content (AvgIpc) is 3.67. The molecule has 58 heavy (non-hydrogen) atoms. The van der Waals surface area contributed by atoms with Crippen LogP contribution in [0.2, 0.25) is 0 Å². The van der Waals surface area contributed by atoms with Crippen molar-refractivity contribution in [2.75, 3.05) is 4.90 Å². The van der Waals surface area contributed by atoms with E-state index in [0.29, 0.717) is 0 Å². The number of fused-ring (bicyclic) bond motifs is 5. The molecule has 0 saturated carbocycles. The average molecular weight is 740 g/mol. The number of nitrogens with zero attached hydrogens (tertiary/aromatic N) is 1. The first kappa shape index (κ1) is 33.6. The van der Waals surface area contributed by atoms with Gasteiger partial charge in [-0.25, -0.2) is 0 Å². The molecule has 0 amide bonds. The van der Waals surface area contributed by atoms with E-state index in [0.717, 1.165) is 50.1 Å². The van der Waals surface area contributed by atoms with Gasteiger partial charge in [-0.3, -0.25) is 0 Å². The lowest BCUT2D eigenvalue weighted by molar-refractivity contribution is 0.669. The summed E-state index contributed by atoms with van der Waals surface area (Å²) in [6.07, 6.45) is 0. The Morgan fingerprint density at radius 1 is 0.276 bits per heavy atom. The van der Waals surface area contributed by atoms with E-state index in [1.54, 1.807) is 0 Å². The van der Waals surface area contributed by atoms with E-state index in [1.807, 2.05) is 0 Å². The molecular formula is C56H37NO. The third-order valence-corrected chi connectivity index (χ3v) is 11.5. The highest BCUT2D eigenvalue weighted by Crippen LogP contribution is 2.43. The Labute approximate surface area is 337 Å². The molecule has 0 atom stereocenters. The molecule has 1 heterocycles. The molecule has 0 saturated heterocycles. The van der Waals surface area contributed by atoms with Crippen molar-refractivity contribution in [3.63, 3.8) is 0 Å². The summed E-state index contributed by atoms with van der Waals surface area (Å²) in [4.78, 5) is 2.37. The molecule has 10 aromatic carbocycles. The van der Waals surface area contributed by atoms with Gasteiger partial charge in [0, 0.05) is 27.5 Å². The van der Waals surface area contributed by atoms with Gasteiger partial charge in [-0.1, -0.05) is 164 Å². The summed E-state index contributed by atoms with van der Waals surface area (Å²) in [5.74, 6) is 0. The van der Waals surface area contributed by atoms with Crippen molar-refractivity contribution >= 4 is 60.5 Å². The zero-order valence-electron chi connectivity index (χ0n) is 31.7. The standard InChI is InChI=1S/C56H37NO/c1-3-13-38(14-4-1)39-25-29-46(30-26-39)57(45-19-5-2-6-20-45)54-32-31-49(50-22-9-10-23-51(50)54)43-18-11-17-41(35-43)42-27-33-55-52(36-42)53-37-44(28-34-56(53)58-55)48-24-12-16-40-15-7-8-21-47(40)48/h1-37H. The molecule has 0 bridgehead atoms. The van der Waals surface area contributed by atoms with E-state index >= 15 is 0 Å². The van der Waals surface area contributed by atoms with Crippen molar-refractivity contribution in [1.82, 2.24) is 0 Å². The smallest absolute Gasteiger partial charge is 0.135 e. The maximum Gasteiger partial charge on any atom is 0.135 e. The molecule has 0 fully saturated rings. The van der Waals surface area contributed by atoms with Crippen LogP contribution in [0.5, 0.6) is 0 Å². The van der Waals surface area contributed by atoms with Gasteiger partial charge in [0.25, 0.3) is 0 Å². The third kappa shape index (κ3) is 5.91. The van der Waals surface area contributed by atoms with Gasteiger partial charge in [0.05, 0.1) is 5.69 Å². The Morgan fingerprint density at radius 2 is 0.776 bits per heavy atom. The van der Waals surface area contributed by atoms with Crippen LogP contribution in [0.4, 0.5) is 17.1 Å². The molecule has 1 aromatic heterocycles. The van der Waals surface area contributed by atoms with Crippen molar-refractivity contribution in [2.24, 2.45) is 0 Å². The fourth-order valence-corrected chi connectivity index (χ4v) is 8.64. The van der Waals surface area contributed by atoms with Gasteiger partial charge in [0.1, 0.15) is 11.2 Å². The van der Waals surface area contributed by atoms with E-state index in [4.69, 9.17) is 4.42 Å². The Morgan fingerprint density at radius 3 is 1.57 bits per heavy atom. The fraction of sp³-hybridized carbons (Fsp3) is 0. The minimum atomic E-state index is 0.893. The molecule has 2 heteroatoms. The van der Waals surface area contributed by atoms with Crippen molar-refractivity contribution in [3.05, 3.63) is 224 Å². The Bertz CT molecular complexity index is 3270. The Kier molecular flexibility index (Phi) is 8.19. The molecule has 0 N–H and O–H groups in total. The number of benzene rings is 10. The molecule has 0 aliphatic carbocycles. The highest BCUT2D eigenvalue weighted by molar-refractivity contribution is 6.10. The number of rotatable bonds is 7. The lowest BCUT2D eigenvalue weighted by Gasteiger charge is -2.27. The van der Waals surface area contributed by atoms with Crippen LogP contribution in [0.25, 0.3) is 88.0 Å². The van der Waals surface area contributed by atoms with E-state index in [-0.39, 0.29) is 0 Å². The first-order valence-corrected chi connectivity index (χ1v) is 19.8. The molecule has 11 rings (SSSR count). The van der Waals surface area contributed by atoms with E-state index in [9.17, 15) is 0 Å². The number of furan rings is 1. The van der Waals surface area contributed by atoms with Crippen molar-refractivity contribution < 1.29 is 4.42 Å². The number of para-hydroxylation sites is 1. The zero-order chi connectivity index (χ0) is 38.4. The summed E-state index contributed by atoms with van der Waals surface area (Å²) < 4.78 is 6.38. The van der Waals surface area contributed by atoms with Gasteiger partial charge in [0.15, 0.2) is 0 Å². The molecule has 0 unspecified atom stereocenters. The van der Waals surface area contributed by atoms with Crippen LogP contribution in [0.3, 0.4) is 0 Å². The van der Waals surface area contributed by atoms with Crippen molar-refractivity contribution in [3.8, 4) is 44.5 Å². The summed E-state index contributed by atoms with van der Waals surface area (Å²) >= 11 is 0. The number of anilines is 3. The first-order valence-electron chi connectivity index (χ1n) is 19.8. The zero-order valence-corrected chi connectivity index (χ0v) is 31.7. The Hall–Kier alpha value is -7.68. The molecule has 11 aromatic rings. The Balaban J connectivity index is 0.989. The van der Waals surface area contributed by atoms with Gasteiger partial charge in [-0.2, -0.15) is 0 Å². The third-order valence-electron chi connectivity index (χ3n) is 11.5. The van der Waals surface area contributed by atoms with E-state index in [1.165, 1.54) is 54.9 Å². The van der Waals surface area contributed by atoms with Gasteiger partial charge < -0.3 is 9.32 Å². The topological polar surface area (TPSA) is 16.4 Å². The van der Waals surface area contributed by atoms with Gasteiger partial charge in [-0.05, 0) is 121 Å². The molecule has 0 radical (unpaired) electrons. The minimum Gasteiger partial charge on any atom is -0.456 e. The van der Waals surface area contributed by atoms with Crippen LogP contribution in [0, 0.1) is 0 Å². The summed E-state index contributed by atoms with van der Waals surface area (Å²) in [5.41, 5.74) is 14.7. The maximum absolute atomic E-state index is 6.38. The monoisotopic (exact) mass is 739 g/mol. The largest absolute Gasteiger partial charge is 0.456 e. The summed E-state index contributed by atoms with van der Waals surface area (Å²) in [6.45, 7) is 0. The summed E-state index contributed by atoms with van der Waals surface area (Å²) in [5, 5.41) is 7.13. The van der Waals surface area contributed by atoms with Gasteiger partial charge in [-0.15, -0.1) is 0 Å². The second kappa shape index (κ2) is 14.1. The predicted octanol–water partition coefficient (Wildman–Crippen LogP) is 16.0. The highest BCUT2D eigenvalue weighted by Gasteiger charge is 2.18. The molecule has 0 aliphatic heterocycles. The van der Waals surface area contributed by atoms with E-state index in [2.05, 4.69) is 229 Å². The SMILES string of the molecule is c1ccc(-c2ccc(N(c3ccccc3)c3ccc(-c4cccc(-c5ccc6oc7ccc(-c8cccc9ccccc89)cc7c6c5)c4)c4ccccc34)cc2)cc1. The van der Waals surface area contributed by atoms with Crippen LogP contribution >= 0.6 is 0 Å². The number of hydrogen-bond acceptors (Lipinski definition) is 2. The molecule has 0 spiro atoms. The van der Waals surface area contributed by atoms with Crippen molar-refractivity contribution in [2.45, 2.75) is 0 Å². The van der Waals surface area contributed by atoms with E-state index < -0.39 is 0 Å². The first-order chi connectivity index (χ1) is 28.7. The maximum atomic E-state index is 6.38. The van der Waals surface area contributed by atoms with Crippen LogP contribution in [-0.4, -0.2) is 0 Å². The minimum absolute atomic E-state index is 0.893. The highest BCUT2D eigenvalue weighted by atomic mass is 16.3. The molecule has 272 valence electrons. The van der Waals surface area contributed by atoms with Crippen LogP contribution in [0.1, 0.15) is 0 Å². The normalized spacial score (nSPS) is 11.4. The lowest BCUT2D eigenvalue weighted by atomic mass is 9.93.